The molecule has 16 heavy (non-hydrogen) atoms. The fraction of sp³-hybridized carbons (Fsp3) is 1.00. The van der Waals surface area contributed by atoms with Gasteiger partial charge in [-0.2, -0.15) is 0 Å². The molecule has 2 rings (SSSR count). The summed E-state index contributed by atoms with van der Waals surface area (Å²) >= 11 is 0. The SMILES string of the molecule is CCN1CCOC(CCN2CCCCC2)C1. The van der Waals surface area contributed by atoms with Gasteiger partial charge in [-0.3, -0.25) is 4.90 Å². The fourth-order valence-corrected chi connectivity index (χ4v) is 2.75. The van der Waals surface area contributed by atoms with Crippen LogP contribution in [0.3, 0.4) is 0 Å². The van der Waals surface area contributed by atoms with Gasteiger partial charge in [0.05, 0.1) is 12.7 Å². The molecule has 0 N–H and O–H groups in total. The van der Waals surface area contributed by atoms with Crippen molar-refractivity contribution in [3.63, 3.8) is 0 Å². The van der Waals surface area contributed by atoms with Crippen LogP contribution in [0, 0.1) is 0 Å². The molecule has 1 atom stereocenters. The Balaban J connectivity index is 1.64. The van der Waals surface area contributed by atoms with Crippen molar-refractivity contribution in [1.82, 2.24) is 9.80 Å². The highest BCUT2D eigenvalue weighted by molar-refractivity contribution is 4.73. The number of hydrogen-bond donors (Lipinski definition) is 0. The van der Waals surface area contributed by atoms with Crippen molar-refractivity contribution in [2.45, 2.75) is 38.7 Å². The molecular weight excluding hydrogens is 200 g/mol. The molecule has 2 aliphatic heterocycles. The van der Waals surface area contributed by atoms with Gasteiger partial charge < -0.3 is 9.64 Å². The van der Waals surface area contributed by atoms with E-state index in [1.54, 1.807) is 0 Å². The predicted molar refractivity (Wildman–Crippen MR) is 66.8 cm³/mol. The quantitative estimate of drug-likeness (QED) is 0.724. The summed E-state index contributed by atoms with van der Waals surface area (Å²) in [5.74, 6) is 0. The average molecular weight is 226 g/mol. The van der Waals surface area contributed by atoms with Crippen molar-refractivity contribution in [3.05, 3.63) is 0 Å². The average Bonchev–Trinajstić information content (AvgIpc) is 2.38. The minimum Gasteiger partial charge on any atom is -0.376 e. The van der Waals surface area contributed by atoms with Gasteiger partial charge in [0.1, 0.15) is 0 Å². The third-order valence-corrected chi connectivity index (χ3v) is 3.89. The molecule has 0 aliphatic carbocycles. The fourth-order valence-electron chi connectivity index (χ4n) is 2.75. The van der Waals surface area contributed by atoms with Crippen LogP contribution in [0.25, 0.3) is 0 Å². The van der Waals surface area contributed by atoms with Gasteiger partial charge in [-0.25, -0.2) is 0 Å². The van der Waals surface area contributed by atoms with Gasteiger partial charge in [-0.1, -0.05) is 13.3 Å². The standard InChI is InChI=1S/C13H26N2O/c1-2-14-10-11-16-13(12-14)6-9-15-7-4-3-5-8-15/h13H,2-12H2,1H3. The summed E-state index contributed by atoms with van der Waals surface area (Å²) in [6, 6.07) is 0. The smallest absolute Gasteiger partial charge is 0.0714 e. The second-order valence-electron chi connectivity index (χ2n) is 5.08. The molecule has 3 heteroatoms. The lowest BCUT2D eigenvalue weighted by atomic mass is 10.1. The highest BCUT2D eigenvalue weighted by atomic mass is 16.5. The first-order valence-corrected chi connectivity index (χ1v) is 6.95. The van der Waals surface area contributed by atoms with Gasteiger partial charge in [0, 0.05) is 19.6 Å². The van der Waals surface area contributed by atoms with E-state index in [0.29, 0.717) is 6.10 Å². The second kappa shape index (κ2) is 6.58. The van der Waals surface area contributed by atoms with E-state index in [2.05, 4.69) is 16.7 Å². The van der Waals surface area contributed by atoms with Crippen molar-refractivity contribution in [2.75, 3.05) is 45.9 Å². The van der Waals surface area contributed by atoms with Crippen LogP contribution in [-0.2, 0) is 4.74 Å². The Morgan fingerprint density at radius 3 is 2.62 bits per heavy atom. The van der Waals surface area contributed by atoms with Gasteiger partial charge in [-0.05, 0) is 38.9 Å². The molecule has 0 aromatic heterocycles. The summed E-state index contributed by atoms with van der Waals surface area (Å²) < 4.78 is 5.83. The van der Waals surface area contributed by atoms with E-state index in [9.17, 15) is 0 Å². The Hall–Kier alpha value is -0.120. The number of piperidine rings is 1. The van der Waals surface area contributed by atoms with E-state index in [-0.39, 0.29) is 0 Å². The van der Waals surface area contributed by atoms with Crippen molar-refractivity contribution in [2.24, 2.45) is 0 Å². The Morgan fingerprint density at radius 2 is 1.88 bits per heavy atom. The first-order chi connectivity index (χ1) is 7.88. The molecule has 0 saturated carbocycles. The minimum atomic E-state index is 0.482. The number of ether oxygens (including phenoxy) is 1. The number of hydrogen-bond acceptors (Lipinski definition) is 3. The van der Waals surface area contributed by atoms with Crippen LogP contribution >= 0.6 is 0 Å². The molecular formula is C13H26N2O. The van der Waals surface area contributed by atoms with E-state index in [4.69, 9.17) is 4.74 Å². The van der Waals surface area contributed by atoms with Crippen LogP contribution in [0.5, 0.6) is 0 Å². The van der Waals surface area contributed by atoms with Crippen molar-refractivity contribution in [3.8, 4) is 0 Å². The molecule has 0 aromatic rings. The maximum Gasteiger partial charge on any atom is 0.0714 e. The topological polar surface area (TPSA) is 15.7 Å². The molecule has 2 heterocycles. The van der Waals surface area contributed by atoms with Gasteiger partial charge in [0.2, 0.25) is 0 Å². The Kier molecular flexibility index (Phi) is 5.07. The van der Waals surface area contributed by atoms with Crippen LogP contribution < -0.4 is 0 Å². The van der Waals surface area contributed by atoms with E-state index in [1.165, 1.54) is 51.9 Å². The lowest BCUT2D eigenvalue weighted by molar-refractivity contribution is -0.0344. The molecule has 2 aliphatic rings. The van der Waals surface area contributed by atoms with Crippen LogP contribution in [0.1, 0.15) is 32.6 Å². The van der Waals surface area contributed by atoms with E-state index < -0.39 is 0 Å². The maximum atomic E-state index is 5.83. The summed E-state index contributed by atoms with van der Waals surface area (Å²) in [6.07, 6.45) is 5.92. The molecule has 0 spiro atoms. The summed E-state index contributed by atoms with van der Waals surface area (Å²) in [4.78, 5) is 5.11. The van der Waals surface area contributed by atoms with E-state index in [0.717, 1.165) is 19.7 Å². The zero-order valence-corrected chi connectivity index (χ0v) is 10.7. The van der Waals surface area contributed by atoms with E-state index in [1.807, 2.05) is 0 Å². The van der Waals surface area contributed by atoms with Crippen molar-refractivity contribution in [1.29, 1.82) is 0 Å². The number of rotatable bonds is 4. The molecule has 3 nitrogen and oxygen atoms in total. The predicted octanol–water partition coefficient (Wildman–Crippen LogP) is 1.58. The molecule has 0 radical (unpaired) electrons. The normalized spacial score (nSPS) is 29.4. The second-order valence-corrected chi connectivity index (χ2v) is 5.08. The minimum absolute atomic E-state index is 0.482. The number of morpholine rings is 1. The van der Waals surface area contributed by atoms with Gasteiger partial charge >= 0.3 is 0 Å². The monoisotopic (exact) mass is 226 g/mol. The molecule has 0 aromatic carbocycles. The Labute approximate surface area is 99.7 Å². The number of nitrogens with zero attached hydrogens (tertiary/aromatic N) is 2. The van der Waals surface area contributed by atoms with Crippen molar-refractivity contribution >= 4 is 0 Å². The molecule has 1 unspecified atom stereocenters. The highest BCUT2D eigenvalue weighted by Gasteiger charge is 2.20. The summed E-state index contributed by atoms with van der Waals surface area (Å²) in [7, 11) is 0. The summed E-state index contributed by atoms with van der Waals surface area (Å²) in [5, 5.41) is 0. The lowest BCUT2D eigenvalue weighted by Crippen LogP contribution is -2.43. The van der Waals surface area contributed by atoms with Gasteiger partial charge in [0.15, 0.2) is 0 Å². The Morgan fingerprint density at radius 1 is 1.06 bits per heavy atom. The number of likely N-dealkylation sites (tertiary alicyclic amines) is 1. The zero-order valence-electron chi connectivity index (χ0n) is 10.7. The third-order valence-electron chi connectivity index (χ3n) is 3.89. The number of likely N-dealkylation sites (N-methyl/N-ethyl adjacent to an activating group) is 1. The van der Waals surface area contributed by atoms with Crippen LogP contribution in [0.15, 0.2) is 0 Å². The summed E-state index contributed by atoms with van der Waals surface area (Å²) in [6.45, 7) is 10.5. The molecule has 0 bridgehead atoms. The summed E-state index contributed by atoms with van der Waals surface area (Å²) in [5.41, 5.74) is 0. The first-order valence-electron chi connectivity index (χ1n) is 6.95. The van der Waals surface area contributed by atoms with Crippen LogP contribution in [-0.4, -0.2) is 61.8 Å². The molecule has 0 amide bonds. The van der Waals surface area contributed by atoms with E-state index >= 15 is 0 Å². The van der Waals surface area contributed by atoms with Crippen LogP contribution in [0.4, 0.5) is 0 Å². The third kappa shape index (κ3) is 3.72. The van der Waals surface area contributed by atoms with Gasteiger partial charge in [0.25, 0.3) is 0 Å². The van der Waals surface area contributed by atoms with Crippen molar-refractivity contribution < 1.29 is 4.74 Å². The Bertz CT molecular complexity index is 192. The van der Waals surface area contributed by atoms with Crippen LogP contribution in [0.2, 0.25) is 0 Å². The molecule has 2 fully saturated rings. The first kappa shape index (κ1) is 12.3. The highest BCUT2D eigenvalue weighted by Crippen LogP contribution is 2.12. The molecule has 2 saturated heterocycles. The maximum absolute atomic E-state index is 5.83. The largest absolute Gasteiger partial charge is 0.376 e. The van der Waals surface area contributed by atoms with Gasteiger partial charge in [-0.15, -0.1) is 0 Å². The lowest BCUT2D eigenvalue weighted by Gasteiger charge is -2.34. The molecule has 94 valence electrons. The zero-order chi connectivity index (χ0) is 11.2.